The van der Waals surface area contributed by atoms with E-state index in [4.69, 9.17) is 4.74 Å². The van der Waals surface area contributed by atoms with Gasteiger partial charge >= 0.3 is 0 Å². The van der Waals surface area contributed by atoms with E-state index in [0.717, 1.165) is 28.6 Å². The van der Waals surface area contributed by atoms with E-state index in [0.29, 0.717) is 18.0 Å². The Bertz CT molecular complexity index is 760. The molecule has 0 amide bonds. The third-order valence-corrected chi connectivity index (χ3v) is 4.39. The second kappa shape index (κ2) is 6.41. The maximum Gasteiger partial charge on any atom is 0.175 e. The molecule has 1 heterocycles. The Morgan fingerprint density at radius 2 is 2.14 bits per heavy atom. The lowest BCUT2D eigenvalue weighted by Gasteiger charge is -2.02. The van der Waals surface area contributed by atoms with Gasteiger partial charge in [-0.05, 0) is 37.1 Å². The molecular weight excluding hydrogens is 288 g/mol. The Kier molecular flexibility index (Phi) is 4.80. The van der Waals surface area contributed by atoms with Crippen LogP contribution in [0.25, 0.3) is 10.9 Å². The molecule has 0 unspecified atom stereocenters. The normalized spacial score (nSPS) is 13.0. The quantitative estimate of drug-likeness (QED) is 0.832. The molecular formula is C15H20N2O3S. The van der Waals surface area contributed by atoms with Crippen molar-refractivity contribution in [3.63, 3.8) is 0 Å². The molecule has 0 atom stereocenters. The summed E-state index contributed by atoms with van der Waals surface area (Å²) in [6, 6.07) is 5.15. The first kappa shape index (κ1) is 15.7. The Morgan fingerprint density at radius 1 is 1.38 bits per heavy atom. The van der Waals surface area contributed by atoms with Gasteiger partial charge in [0.2, 0.25) is 0 Å². The zero-order valence-corrected chi connectivity index (χ0v) is 13.3. The van der Waals surface area contributed by atoms with Crippen molar-refractivity contribution in [2.75, 3.05) is 26.5 Å². The van der Waals surface area contributed by atoms with Crippen LogP contribution in [-0.4, -0.2) is 45.6 Å². The zero-order valence-electron chi connectivity index (χ0n) is 12.5. The Balaban J connectivity index is 2.23. The molecule has 21 heavy (non-hydrogen) atoms. The minimum absolute atomic E-state index is 0.343. The topological polar surface area (TPSA) is 71.5 Å². The van der Waals surface area contributed by atoms with Crippen molar-refractivity contribution in [2.24, 2.45) is 4.99 Å². The van der Waals surface area contributed by atoms with Crippen molar-refractivity contribution in [3.05, 3.63) is 30.0 Å². The highest BCUT2D eigenvalue weighted by Gasteiger charge is 2.10. The van der Waals surface area contributed by atoms with E-state index in [2.05, 4.69) is 9.98 Å². The SMILES string of the molecule is COCC(C)=NCCc1c[nH]c2ccc(S(C)(=O)=O)cc12. The average molecular weight is 308 g/mol. The smallest absolute Gasteiger partial charge is 0.175 e. The van der Waals surface area contributed by atoms with Crippen molar-refractivity contribution in [2.45, 2.75) is 18.2 Å². The maximum atomic E-state index is 11.6. The molecule has 0 saturated carbocycles. The Morgan fingerprint density at radius 3 is 2.81 bits per heavy atom. The van der Waals surface area contributed by atoms with Crippen molar-refractivity contribution in [1.29, 1.82) is 0 Å². The van der Waals surface area contributed by atoms with E-state index in [-0.39, 0.29) is 0 Å². The highest BCUT2D eigenvalue weighted by molar-refractivity contribution is 7.90. The number of rotatable bonds is 6. The maximum absolute atomic E-state index is 11.6. The molecule has 0 aliphatic carbocycles. The molecule has 0 aliphatic rings. The van der Waals surface area contributed by atoms with Gasteiger partial charge in [0.1, 0.15) is 0 Å². The summed E-state index contributed by atoms with van der Waals surface area (Å²) in [5, 5.41) is 0.942. The van der Waals surface area contributed by atoms with E-state index in [1.165, 1.54) is 6.26 Å². The summed E-state index contributed by atoms with van der Waals surface area (Å²) in [4.78, 5) is 7.93. The predicted octanol–water partition coefficient (Wildman–Crippen LogP) is 2.22. The summed E-state index contributed by atoms with van der Waals surface area (Å²) in [7, 11) is -1.54. The number of aromatic nitrogens is 1. The highest BCUT2D eigenvalue weighted by atomic mass is 32.2. The van der Waals surface area contributed by atoms with Gasteiger partial charge in [0.05, 0.1) is 11.5 Å². The number of methoxy groups -OCH3 is 1. The number of fused-ring (bicyclic) bond motifs is 1. The van der Waals surface area contributed by atoms with Gasteiger partial charge in [0, 0.05) is 42.7 Å². The van der Waals surface area contributed by atoms with Crippen LogP contribution in [0.15, 0.2) is 34.3 Å². The number of nitrogens with one attached hydrogen (secondary N) is 1. The van der Waals surface area contributed by atoms with Gasteiger partial charge in [-0.3, -0.25) is 4.99 Å². The lowest BCUT2D eigenvalue weighted by Crippen LogP contribution is -2.03. The van der Waals surface area contributed by atoms with E-state index in [9.17, 15) is 8.42 Å². The molecule has 2 rings (SSSR count). The number of hydrogen-bond donors (Lipinski definition) is 1. The van der Waals surface area contributed by atoms with Gasteiger partial charge < -0.3 is 9.72 Å². The van der Waals surface area contributed by atoms with Crippen LogP contribution < -0.4 is 0 Å². The molecule has 0 radical (unpaired) electrons. The zero-order chi connectivity index (χ0) is 15.5. The van der Waals surface area contributed by atoms with E-state index in [1.807, 2.05) is 13.1 Å². The lowest BCUT2D eigenvalue weighted by molar-refractivity contribution is 0.244. The van der Waals surface area contributed by atoms with Gasteiger partial charge in [-0.1, -0.05) is 0 Å². The number of benzene rings is 1. The van der Waals surface area contributed by atoms with Crippen molar-refractivity contribution in [1.82, 2.24) is 4.98 Å². The van der Waals surface area contributed by atoms with Crippen LogP contribution in [0.4, 0.5) is 0 Å². The summed E-state index contributed by atoms with van der Waals surface area (Å²) in [5.74, 6) is 0. The van der Waals surface area contributed by atoms with E-state index in [1.54, 1.807) is 25.3 Å². The third kappa shape index (κ3) is 3.92. The molecule has 1 aromatic heterocycles. The fourth-order valence-corrected chi connectivity index (χ4v) is 2.86. The van der Waals surface area contributed by atoms with Crippen LogP contribution in [0.5, 0.6) is 0 Å². The molecule has 5 nitrogen and oxygen atoms in total. The predicted molar refractivity (Wildman–Crippen MR) is 85.0 cm³/mol. The number of hydrogen-bond acceptors (Lipinski definition) is 4. The molecule has 0 fully saturated rings. The highest BCUT2D eigenvalue weighted by Crippen LogP contribution is 2.22. The molecule has 114 valence electrons. The van der Waals surface area contributed by atoms with E-state index < -0.39 is 9.84 Å². The van der Waals surface area contributed by atoms with Gasteiger partial charge in [-0.25, -0.2) is 8.42 Å². The molecule has 2 aromatic rings. The summed E-state index contributed by atoms with van der Waals surface area (Å²) in [6.07, 6.45) is 3.89. The van der Waals surface area contributed by atoms with Crippen LogP contribution in [0.1, 0.15) is 12.5 Å². The Hall–Kier alpha value is -1.66. The minimum atomic E-state index is -3.19. The number of nitrogens with zero attached hydrogens (tertiary/aromatic N) is 1. The molecule has 0 spiro atoms. The van der Waals surface area contributed by atoms with Crippen LogP contribution >= 0.6 is 0 Å². The van der Waals surface area contributed by atoms with Crippen molar-refractivity contribution < 1.29 is 13.2 Å². The summed E-state index contributed by atoms with van der Waals surface area (Å²) in [5.41, 5.74) is 2.97. The fraction of sp³-hybridized carbons (Fsp3) is 0.400. The van der Waals surface area contributed by atoms with Crippen LogP contribution in [-0.2, 0) is 21.0 Å². The average Bonchev–Trinajstić information content (AvgIpc) is 2.81. The van der Waals surface area contributed by atoms with Gasteiger partial charge in [0.25, 0.3) is 0 Å². The first-order chi connectivity index (χ1) is 9.91. The molecule has 0 bridgehead atoms. The van der Waals surface area contributed by atoms with Gasteiger partial charge in [-0.15, -0.1) is 0 Å². The van der Waals surface area contributed by atoms with Crippen molar-refractivity contribution >= 4 is 26.5 Å². The second-order valence-corrected chi connectivity index (χ2v) is 7.11. The largest absolute Gasteiger partial charge is 0.379 e. The lowest BCUT2D eigenvalue weighted by atomic mass is 10.1. The number of aromatic amines is 1. The van der Waals surface area contributed by atoms with Crippen LogP contribution in [0.2, 0.25) is 0 Å². The standard InChI is InChI=1S/C15H20N2O3S/c1-11(10-20-2)16-7-6-12-9-17-15-5-4-13(8-14(12)15)21(3,18)19/h4-5,8-9,17H,6-7,10H2,1-3H3. The third-order valence-electron chi connectivity index (χ3n) is 3.28. The first-order valence-electron chi connectivity index (χ1n) is 6.70. The first-order valence-corrected chi connectivity index (χ1v) is 8.60. The monoisotopic (exact) mass is 308 g/mol. The van der Waals surface area contributed by atoms with Crippen molar-refractivity contribution in [3.8, 4) is 0 Å². The fourth-order valence-electron chi connectivity index (χ4n) is 2.22. The van der Waals surface area contributed by atoms with Gasteiger partial charge in [0.15, 0.2) is 9.84 Å². The summed E-state index contributed by atoms with van der Waals surface area (Å²) >= 11 is 0. The van der Waals surface area contributed by atoms with Gasteiger partial charge in [-0.2, -0.15) is 0 Å². The number of H-pyrrole nitrogens is 1. The molecule has 0 saturated heterocycles. The molecule has 0 aliphatic heterocycles. The summed E-state index contributed by atoms with van der Waals surface area (Å²) < 4.78 is 28.3. The minimum Gasteiger partial charge on any atom is -0.379 e. The second-order valence-electron chi connectivity index (χ2n) is 5.09. The number of aliphatic imine (C=N–C) groups is 1. The Labute approximate surface area is 125 Å². The molecule has 6 heteroatoms. The number of sulfone groups is 1. The molecule has 1 aromatic carbocycles. The van der Waals surface area contributed by atoms with Crippen LogP contribution in [0, 0.1) is 0 Å². The molecule has 1 N–H and O–H groups in total. The van der Waals surface area contributed by atoms with E-state index >= 15 is 0 Å². The van der Waals surface area contributed by atoms with Crippen LogP contribution in [0.3, 0.4) is 0 Å². The number of ether oxygens (including phenoxy) is 1. The summed E-state index contributed by atoms with van der Waals surface area (Å²) in [6.45, 7) is 3.12.